The predicted molar refractivity (Wildman–Crippen MR) is 152 cm³/mol. The van der Waals surface area contributed by atoms with Crippen molar-refractivity contribution in [1.82, 2.24) is 9.97 Å². The lowest BCUT2D eigenvalue weighted by Gasteiger charge is -2.17. The molecule has 0 saturated heterocycles. The Balaban J connectivity index is 1.36. The average Bonchev–Trinajstić information content (AvgIpc) is 3.71. The number of benzene rings is 6. The summed E-state index contributed by atoms with van der Waals surface area (Å²) in [5.74, 6) is 0. The fourth-order valence-corrected chi connectivity index (χ4v) is 5.71. The van der Waals surface area contributed by atoms with Crippen molar-refractivity contribution >= 4 is 32.3 Å². The van der Waals surface area contributed by atoms with E-state index in [1.807, 2.05) is 0 Å². The number of nitrogens with zero attached hydrogens (tertiary/aromatic N) is 2. The molecule has 0 bridgehead atoms. The Hall–Kier alpha value is -5.22. The first-order valence-electron chi connectivity index (χ1n) is 12.5. The summed E-state index contributed by atoms with van der Waals surface area (Å²) in [4.78, 5) is 8.67. The van der Waals surface area contributed by atoms with Gasteiger partial charge < -0.3 is 8.83 Å². The van der Waals surface area contributed by atoms with Crippen LogP contribution < -0.4 is 0 Å². The number of oxazole rings is 2. The minimum Gasteiger partial charge on any atom is -0.451 e. The maximum Gasteiger partial charge on any atom is 0.181 e. The lowest BCUT2D eigenvalue weighted by Crippen LogP contribution is -1.90. The second-order valence-electron chi connectivity index (χ2n) is 9.56. The second kappa shape index (κ2) is 8.15. The molecule has 8 rings (SSSR count). The van der Waals surface area contributed by atoms with Gasteiger partial charge in [0.25, 0.3) is 0 Å². The van der Waals surface area contributed by atoms with Gasteiger partial charge in [-0.3, -0.25) is 0 Å². The molecule has 0 amide bonds. The minimum absolute atomic E-state index is 0.835. The van der Waals surface area contributed by atoms with Gasteiger partial charge in [0.1, 0.15) is 23.9 Å². The molecule has 0 spiro atoms. The molecule has 178 valence electrons. The smallest absolute Gasteiger partial charge is 0.181 e. The molecule has 2 aromatic heterocycles. The Morgan fingerprint density at radius 2 is 0.895 bits per heavy atom. The van der Waals surface area contributed by atoms with Gasteiger partial charge in [-0.25, -0.2) is 9.97 Å². The SMILES string of the molecule is c1cc(-c2cocn2)cc(-c2ccc3ccc4c(-c5cccc(-c6cocn6)c5)ccc5ccc2c3c54)c1. The topological polar surface area (TPSA) is 52.1 Å². The molecule has 0 unspecified atom stereocenters. The summed E-state index contributed by atoms with van der Waals surface area (Å²) >= 11 is 0. The van der Waals surface area contributed by atoms with E-state index in [0.29, 0.717) is 0 Å². The second-order valence-corrected chi connectivity index (χ2v) is 9.56. The largest absolute Gasteiger partial charge is 0.451 e. The van der Waals surface area contributed by atoms with Crippen molar-refractivity contribution in [2.45, 2.75) is 0 Å². The number of hydrogen-bond acceptors (Lipinski definition) is 4. The summed E-state index contributed by atoms with van der Waals surface area (Å²) < 4.78 is 10.4. The van der Waals surface area contributed by atoms with Gasteiger partial charge in [-0.05, 0) is 66.7 Å². The van der Waals surface area contributed by atoms with E-state index in [2.05, 4.69) is 107 Å². The van der Waals surface area contributed by atoms with E-state index in [1.54, 1.807) is 12.5 Å². The number of rotatable bonds is 4. The predicted octanol–water partition coefficient (Wildman–Crippen LogP) is 9.23. The van der Waals surface area contributed by atoms with Crippen LogP contribution in [-0.2, 0) is 0 Å². The highest BCUT2D eigenvalue weighted by Gasteiger charge is 2.16. The van der Waals surface area contributed by atoms with Gasteiger partial charge >= 0.3 is 0 Å². The fourth-order valence-electron chi connectivity index (χ4n) is 5.71. The first-order chi connectivity index (χ1) is 18.8. The normalized spacial score (nSPS) is 11.7. The lowest BCUT2D eigenvalue weighted by atomic mass is 9.87. The highest BCUT2D eigenvalue weighted by molar-refractivity contribution is 6.27. The third-order valence-electron chi connectivity index (χ3n) is 7.47. The fraction of sp³-hybridized carbons (Fsp3) is 0. The van der Waals surface area contributed by atoms with E-state index < -0.39 is 0 Å². The van der Waals surface area contributed by atoms with Crippen molar-refractivity contribution in [1.29, 1.82) is 0 Å². The molecular weight excluding hydrogens is 468 g/mol. The zero-order valence-corrected chi connectivity index (χ0v) is 20.3. The molecule has 0 saturated carbocycles. The van der Waals surface area contributed by atoms with Gasteiger partial charge in [0.05, 0.1) is 0 Å². The van der Waals surface area contributed by atoms with Crippen LogP contribution in [0.2, 0.25) is 0 Å². The van der Waals surface area contributed by atoms with Crippen LogP contribution in [0.3, 0.4) is 0 Å². The number of aromatic nitrogens is 2. The Labute approximate surface area is 218 Å². The van der Waals surface area contributed by atoms with Crippen molar-refractivity contribution in [2.75, 3.05) is 0 Å². The van der Waals surface area contributed by atoms with Gasteiger partial charge in [-0.15, -0.1) is 0 Å². The van der Waals surface area contributed by atoms with Crippen molar-refractivity contribution < 1.29 is 8.83 Å². The highest BCUT2D eigenvalue weighted by atomic mass is 16.3. The van der Waals surface area contributed by atoms with Crippen LogP contribution in [-0.4, -0.2) is 9.97 Å². The van der Waals surface area contributed by atoms with Crippen molar-refractivity contribution in [3.05, 3.63) is 122 Å². The molecule has 0 aliphatic rings. The molecule has 8 aromatic rings. The van der Waals surface area contributed by atoms with Crippen LogP contribution in [0.5, 0.6) is 0 Å². The molecular formula is C34H20N2O2. The first kappa shape index (κ1) is 20.9. The van der Waals surface area contributed by atoms with Crippen LogP contribution in [0.1, 0.15) is 0 Å². The van der Waals surface area contributed by atoms with Crippen LogP contribution in [0.15, 0.2) is 131 Å². The molecule has 4 heteroatoms. The molecule has 0 atom stereocenters. The zero-order valence-electron chi connectivity index (χ0n) is 20.3. The van der Waals surface area contributed by atoms with Gasteiger partial charge in [-0.1, -0.05) is 84.9 Å². The third-order valence-corrected chi connectivity index (χ3v) is 7.47. The monoisotopic (exact) mass is 488 g/mol. The van der Waals surface area contributed by atoms with Gasteiger partial charge in [-0.2, -0.15) is 0 Å². The summed E-state index contributed by atoms with van der Waals surface area (Å²) in [6.45, 7) is 0. The minimum atomic E-state index is 0.835. The maximum absolute atomic E-state index is 5.22. The van der Waals surface area contributed by atoms with Gasteiger partial charge in [0.2, 0.25) is 0 Å². The molecule has 0 radical (unpaired) electrons. The standard InChI is InChI=1S/C34H20N2O2/c1-3-23(15-25(5-1)31-17-37-19-35-31)27-11-7-21-10-14-30-28(12-8-22-9-13-29(27)33(21)34(22)30)24-4-2-6-26(16-24)32-18-38-20-36-32/h1-20H. The summed E-state index contributed by atoms with van der Waals surface area (Å²) in [5.41, 5.74) is 8.47. The first-order valence-corrected chi connectivity index (χ1v) is 12.5. The van der Waals surface area contributed by atoms with E-state index in [0.717, 1.165) is 33.6 Å². The van der Waals surface area contributed by atoms with E-state index in [1.165, 1.54) is 56.2 Å². The Morgan fingerprint density at radius 1 is 0.447 bits per heavy atom. The Bertz CT molecular complexity index is 1920. The Morgan fingerprint density at radius 3 is 1.34 bits per heavy atom. The van der Waals surface area contributed by atoms with Crippen LogP contribution in [0.4, 0.5) is 0 Å². The maximum atomic E-state index is 5.22. The molecule has 0 fully saturated rings. The van der Waals surface area contributed by atoms with E-state index >= 15 is 0 Å². The van der Waals surface area contributed by atoms with Crippen LogP contribution in [0, 0.1) is 0 Å². The van der Waals surface area contributed by atoms with E-state index in [-0.39, 0.29) is 0 Å². The molecule has 4 nitrogen and oxygen atoms in total. The van der Waals surface area contributed by atoms with Crippen molar-refractivity contribution in [2.24, 2.45) is 0 Å². The van der Waals surface area contributed by atoms with E-state index in [4.69, 9.17) is 8.83 Å². The Kier molecular flexibility index (Phi) is 4.49. The van der Waals surface area contributed by atoms with Crippen LogP contribution >= 0.6 is 0 Å². The summed E-state index contributed by atoms with van der Waals surface area (Å²) in [5, 5.41) is 7.54. The van der Waals surface area contributed by atoms with Gasteiger partial charge in [0, 0.05) is 11.1 Å². The van der Waals surface area contributed by atoms with Gasteiger partial charge in [0.15, 0.2) is 12.8 Å². The molecule has 6 aromatic carbocycles. The molecule has 0 aliphatic heterocycles. The van der Waals surface area contributed by atoms with Crippen LogP contribution in [0.25, 0.3) is 77.1 Å². The zero-order chi connectivity index (χ0) is 25.1. The molecule has 0 aliphatic carbocycles. The molecule has 2 heterocycles. The summed E-state index contributed by atoms with van der Waals surface area (Å²) in [6, 6.07) is 34.9. The lowest BCUT2D eigenvalue weighted by molar-refractivity contribution is 0.558. The highest BCUT2D eigenvalue weighted by Crippen LogP contribution is 2.43. The third kappa shape index (κ3) is 3.17. The molecule has 38 heavy (non-hydrogen) atoms. The summed E-state index contributed by atoms with van der Waals surface area (Å²) in [7, 11) is 0. The quantitative estimate of drug-likeness (QED) is 0.232. The number of hydrogen-bond donors (Lipinski definition) is 0. The van der Waals surface area contributed by atoms with Crippen molar-refractivity contribution in [3.63, 3.8) is 0 Å². The summed E-state index contributed by atoms with van der Waals surface area (Å²) in [6.07, 6.45) is 6.30. The average molecular weight is 489 g/mol. The van der Waals surface area contributed by atoms with Crippen molar-refractivity contribution in [3.8, 4) is 44.8 Å². The molecule has 0 N–H and O–H groups in total. The van der Waals surface area contributed by atoms with E-state index in [9.17, 15) is 0 Å².